The van der Waals surface area contributed by atoms with Gasteiger partial charge >= 0.3 is 12.1 Å². The maximum Gasteiger partial charge on any atom is 0.471 e. The molecular formula is C27H19Cl2F3N2O2. The third-order valence-electron chi connectivity index (χ3n) is 6.49. The zero-order chi connectivity index (χ0) is 25.6. The maximum absolute atomic E-state index is 13.9. The summed E-state index contributed by atoms with van der Waals surface area (Å²) >= 11 is 12.5. The molecule has 1 heterocycles. The van der Waals surface area contributed by atoms with E-state index in [2.05, 4.69) is 5.32 Å². The quantitative estimate of drug-likeness (QED) is 0.374. The number of amides is 1. The first-order valence-corrected chi connectivity index (χ1v) is 11.9. The number of nitrogens with one attached hydrogen (secondary N) is 1. The van der Waals surface area contributed by atoms with Crippen LogP contribution in [0.4, 0.5) is 24.5 Å². The van der Waals surface area contributed by atoms with Crippen molar-refractivity contribution in [2.45, 2.75) is 31.0 Å². The van der Waals surface area contributed by atoms with Crippen LogP contribution in [0.3, 0.4) is 0 Å². The molecule has 1 aliphatic carbocycles. The molecule has 0 bridgehead atoms. The number of fused-ring (bicyclic) bond motifs is 1. The molecule has 2 aliphatic rings. The van der Waals surface area contributed by atoms with Crippen LogP contribution in [0.1, 0.15) is 35.9 Å². The van der Waals surface area contributed by atoms with E-state index in [0.717, 1.165) is 5.56 Å². The highest BCUT2D eigenvalue weighted by atomic mass is 35.5. The third kappa shape index (κ3) is 4.38. The summed E-state index contributed by atoms with van der Waals surface area (Å²) in [5.74, 6) is -2.66. The number of para-hydroxylation sites is 2. The van der Waals surface area contributed by atoms with E-state index in [1.165, 1.54) is 12.1 Å². The Hall–Kier alpha value is -3.29. The molecular weight excluding hydrogens is 512 g/mol. The summed E-state index contributed by atoms with van der Waals surface area (Å²) in [5.41, 5.74) is 1.98. The Morgan fingerprint density at radius 3 is 2.28 bits per heavy atom. The first kappa shape index (κ1) is 24.4. The molecule has 0 radical (unpaired) electrons. The summed E-state index contributed by atoms with van der Waals surface area (Å²) in [6.45, 7) is 0. The van der Waals surface area contributed by atoms with E-state index in [9.17, 15) is 22.8 Å². The van der Waals surface area contributed by atoms with Crippen molar-refractivity contribution in [2.24, 2.45) is 0 Å². The average Bonchev–Trinajstić information content (AvgIpc) is 2.98. The van der Waals surface area contributed by atoms with Gasteiger partial charge in [-0.15, -0.1) is 0 Å². The SMILES string of the molecule is O=C1C[C@H](c2ccc(Cl)cc2)CC2=C1[C@@H](c1ccccc1Cl)N(C(=O)C(F)(F)F)c1ccccc1N2. The van der Waals surface area contributed by atoms with Gasteiger partial charge in [-0.2, -0.15) is 13.2 Å². The van der Waals surface area contributed by atoms with Gasteiger partial charge in [0.2, 0.25) is 0 Å². The summed E-state index contributed by atoms with van der Waals surface area (Å²) in [7, 11) is 0. The maximum atomic E-state index is 13.9. The highest BCUT2D eigenvalue weighted by Gasteiger charge is 2.50. The van der Waals surface area contributed by atoms with E-state index >= 15 is 0 Å². The number of Topliss-reactive ketones (excluding diaryl/α,β-unsaturated/α-hetero) is 1. The number of hydrogen-bond donors (Lipinski definition) is 1. The van der Waals surface area contributed by atoms with Gasteiger partial charge in [0.25, 0.3) is 0 Å². The average molecular weight is 531 g/mol. The molecule has 0 saturated carbocycles. The lowest BCUT2D eigenvalue weighted by Gasteiger charge is -2.35. The summed E-state index contributed by atoms with van der Waals surface area (Å²) in [5, 5.41) is 3.90. The normalized spacial score (nSPS) is 19.8. The molecule has 36 heavy (non-hydrogen) atoms. The van der Waals surface area contributed by atoms with Crippen LogP contribution in [0.2, 0.25) is 10.0 Å². The van der Waals surface area contributed by atoms with Crippen LogP contribution in [-0.2, 0) is 9.59 Å². The molecule has 0 aromatic heterocycles. The minimum absolute atomic E-state index is 0.00925. The van der Waals surface area contributed by atoms with Gasteiger partial charge in [-0.25, -0.2) is 0 Å². The molecule has 3 aromatic carbocycles. The highest BCUT2D eigenvalue weighted by Crippen LogP contribution is 2.49. The standard InChI is InChI=1S/C27H19Cl2F3N2O2/c28-17-11-9-15(10-12-17)16-13-21-24(23(35)14-16)25(18-5-1-2-6-19(18)29)34(26(36)27(30,31)32)22-8-4-3-7-20(22)33-21/h1-12,16,25,33H,13-14H2/t16-,25-/m1/s1. The zero-order valence-electron chi connectivity index (χ0n) is 18.7. The van der Waals surface area contributed by atoms with Gasteiger partial charge in [0.1, 0.15) is 0 Å². The Bertz CT molecular complexity index is 1390. The van der Waals surface area contributed by atoms with Crippen LogP contribution in [0.15, 0.2) is 84.1 Å². The van der Waals surface area contributed by atoms with Crippen LogP contribution >= 0.6 is 23.2 Å². The number of nitrogens with zero attached hydrogens (tertiary/aromatic N) is 1. The molecule has 5 rings (SSSR count). The smallest absolute Gasteiger partial charge is 0.357 e. The number of allylic oxidation sites excluding steroid dienone is 1. The number of alkyl halides is 3. The molecule has 1 aliphatic heterocycles. The predicted molar refractivity (Wildman–Crippen MR) is 133 cm³/mol. The van der Waals surface area contributed by atoms with Crippen molar-refractivity contribution in [2.75, 3.05) is 10.2 Å². The minimum atomic E-state index is -5.18. The van der Waals surface area contributed by atoms with E-state index in [0.29, 0.717) is 27.7 Å². The van der Waals surface area contributed by atoms with Crippen LogP contribution in [-0.4, -0.2) is 17.9 Å². The molecule has 184 valence electrons. The van der Waals surface area contributed by atoms with Gasteiger partial charge in [0.15, 0.2) is 5.78 Å². The zero-order valence-corrected chi connectivity index (χ0v) is 20.2. The first-order chi connectivity index (χ1) is 17.1. The molecule has 1 N–H and O–H groups in total. The number of anilines is 2. The van der Waals surface area contributed by atoms with Gasteiger partial charge in [0, 0.05) is 27.7 Å². The van der Waals surface area contributed by atoms with E-state index in [-0.39, 0.29) is 40.0 Å². The van der Waals surface area contributed by atoms with E-state index in [1.807, 2.05) is 12.1 Å². The number of halogens is 5. The molecule has 1 amide bonds. The number of hydrogen-bond acceptors (Lipinski definition) is 3. The van der Waals surface area contributed by atoms with Gasteiger partial charge in [-0.1, -0.05) is 65.7 Å². The molecule has 0 unspecified atom stereocenters. The largest absolute Gasteiger partial charge is 0.471 e. The van der Waals surface area contributed by atoms with E-state index in [1.54, 1.807) is 48.5 Å². The first-order valence-electron chi connectivity index (χ1n) is 11.2. The van der Waals surface area contributed by atoms with Crippen LogP contribution < -0.4 is 10.2 Å². The van der Waals surface area contributed by atoms with Crippen LogP contribution in [0.5, 0.6) is 0 Å². The molecule has 4 nitrogen and oxygen atoms in total. The topological polar surface area (TPSA) is 49.4 Å². The van der Waals surface area contributed by atoms with Gasteiger partial charge in [-0.05, 0) is 53.8 Å². The lowest BCUT2D eigenvalue weighted by atomic mass is 9.78. The number of ketones is 1. The molecule has 0 saturated heterocycles. The van der Waals surface area contributed by atoms with Crippen molar-refractivity contribution in [1.29, 1.82) is 0 Å². The number of benzene rings is 3. The van der Waals surface area contributed by atoms with Crippen molar-refractivity contribution in [3.05, 3.63) is 105 Å². The van der Waals surface area contributed by atoms with Crippen LogP contribution in [0, 0.1) is 0 Å². The Labute approximate surface area is 215 Å². The second kappa shape index (κ2) is 9.30. The van der Waals surface area contributed by atoms with Crippen molar-refractivity contribution in [1.82, 2.24) is 0 Å². The highest BCUT2D eigenvalue weighted by molar-refractivity contribution is 6.31. The molecule has 3 aromatic rings. The van der Waals surface area contributed by atoms with Crippen molar-refractivity contribution in [3.8, 4) is 0 Å². The van der Waals surface area contributed by atoms with E-state index < -0.39 is 18.1 Å². The summed E-state index contributed by atoms with van der Waals surface area (Å²) < 4.78 is 41.8. The third-order valence-corrected chi connectivity index (χ3v) is 7.09. The van der Waals surface area contributed by atoms with Crippen molar-refractivity contribution in [3.63, 3.8) is 0 Å². The Morgan fingerprint density at radius 2 is 1.58 bits per heavy atom. The van der Waals surface area contributed by atoms with Gasteiger partial charge in [0.05, 0.1) is 17.4 Å². The van der Waals surface area contributed by atoms with Crippen molar-refractivity contribution < 1.29 is 22.8 Å². The van der Waals surface area contributed by atoms with Gasteiger partial charge in [-0.3, -0.25) is 14.5 Å². The fraction of sp³-hybridized carbons (Fsp3) is 0.185. The summed E-state index contributed by atoms with van der Waals surface area (Å²) in [6.07, 6.45) is -4.76. The lowest BCUT2D eigenvalue weighted by Crippen LogP contribution is -2.45. The lowest BCUT2D eigenvalue weighted by molar-refractivity contribution is -0.170. The second-order valence-electron chi connectivity index (χ2n) is 8.71. The molecule has 9 heteroatoms. The molecule has 2 atom stereocenters. The second-order valence-corrected chi connectivity index (χ2v) is 9.55. The monoisotopic (exact) mass is 530 g/mol. The Kier molecular flexibility index (Phi) is 6.30. The summed E-state index contributed by atoms with van der Waals surface area (Å²) in [4.78, 5) is 27.3. The predicted octanol–water partition coefficient (Wildman–Crippen LogP) is 7.46. The van der Waals surface area contributed by atoms with Crippen LogP contribution in [0.25, 0.3) is 0 Å². The van der Waals surface area contributed by atoms with E-state index in [4.69, 9.17) is 23.2 Å². The fourth-order valence-corrected chi connectivity index (χ4v) is 5.28. The number of carbonyl (C=O) groups excluding carboxylic acids is 2. The Balaban J connectivity index is 1.74. The van der Waals surface area contributed by atoms with Gasteiger partial charge < -0.3 is 5.32 Å². The fourth-order valence-electron chi connectivity index (χ4n) is 4.91. The number of carbonyl (C=O) groups is 2. The number of rotatable bonds is 2. The van der Waals surface area contributed by atoms with Crippen molar-refractivity contribution >= 4 is 46.3 Å². The minimum Gasteiger partial charge on any atom is -0.357 e. The molecule has 0 fully saturated rings. The Morgan fingerprint density at radius 1 is 0.917 bits per heavy atom. The summed E-state index contributed by atoms with van der Waals surface area (Å²) in [6, 6.07) is 18.3. The molecule has 0 spiro atoms.